The van der Waals surface area contributed by atoms with E-state index in [1.807, 2.05) is 0 Å². The molecule has 0 atom stereocenters. The first-order valence-corrected chi connectivity index (χ1v) is 5.83. The Hall–Kier alpha value is 1.19. The van der Waals surface area contributed by atoms with Crippen LogP contribution in [0.1, 0.15) is 20.3 Å². The van der Waals surface area contributed by atoms with Crippen LogP contribution >= 0.6 is 37.2 Å². The molecule has 0 fully saturated rings. The first-order chi connectivity index (χ1) is 5.77. The molecule has 0 aromatic heterocycles. The van der Waals surface area contributed by atoms with E-state index in [1.54, 1.807) is 33.6 Å². The molecule has 0 aromatic carbocycles. The molecule has 0 bridgehead atoms. The van der Waals surface area contributed by atoms with Crippen LogP contribution in [0.5, 0.6) is 0 Å². The standard InChI is InChI=1S/C10H16N.3ClH.Zr/c1-3-11(4-2)9-10-7-5-6-8-10;;;;/h5,7H,3-4,6,9H2,1-2H3;3*1H;. The van der Waals surface area contributed by atoms with Crippen LogP contribution in [0.4, 0.5) is 0 Å². The van der Waals surface area contributed by atoms with Gasteiger partial charge in [0.25, 0.3) is 0 Å². The van der Waals surface area contributed by atoms with Crippen molar-refractivity contribution in [3.05, 3.63) is 21.0 Å². The fraction of sp³-hybridized carbons (Fsp3) is 0.600. The molecule has 1 aliphatic carbocycles. The van der Waals surface area contributed by atoms with Gasteiger partial charge in [-0.05, 0) is 0 Å². The summed E-state index contributed by atoms with van der Waals surface area (Å²) in [5.41, 5.74) is 1.57. The van der Waals surface area contributed by atoms with Gasteiger partial charge in [-0.15, -0.1) is 37.2 Å². The molecule has 0 N–H and O–H groups in total. The Bertz CT molecular complexity index is 213. The van der Waals surface area contributed by atoms with Crippen LogP contribution in [0.3, 0.4) is 0 Å². The third-order valence-corrected chi connectivity index (χ3v) is 3.61. The quantitative estimate of drug-likeness (QED) is 0.751. The van der Waals surface area contributed by atoms with Gasteiger partial charge in [-0.25, -0.2) is 0 Å². The first-order valence-electron chi connectivity index (χ1n) is 4.60. The summed E-state index contributed by atoms with van der Waals surface area (Å²) in [4.78, 5) is 2.47. The van der Waals surface area contributed by atoms with E-state index in [0.29, 0.717) is 0 Å². The third-order valence-electron chi connectivity index (χ3n) is 2.32. The van der Waals surface area contributed by atoms with Crippen molar-refractivity contribution < 1.29 is 24.7 Å². The smallest absolute Gasteiger partial charge is 0.147 e. The summed E-state index contributed by atoms with van der Waals surface area (Å²) in [5.74, 6) is 0. The molecule has 89 valence electrons. The van der Waals surface area contributed by atoms with Crippen molar-refractivity contribution in [2.24, 2.45) is 0 Å². The van der Waals surface area contributed by atoms with Gasteiger partial charge in [0.1, 0.15) is 0 Å². The Morgan fingerprint density at radius 1 is 1.20 bits per heavy atom. The van der Waals surface area contributed by atoms with E-state index in [9.17, 15) is 0 Å². The van der Waals surface area contributed by atoms with E-state index in [1.165, 1.54) is 6.42 Å². The monoisotopic (exact) mass is 348 g/mol. The second-order valence-corrected chi connectivity index (χ2v) is 4.56. The van der Waals surface area contributed by atoms with E-state index < -0.39 is 0 Å². The van der Waals surface area contributed by atoms with E-state index in [4.69, 9.17) is 0 Å². The molecule has 0 saturated heterocycles. The van der Waals surface area contributed by atoms with Gasteiger partial charge >= 0.3 is 90.5 Å². The molecule has 1 nitrogen and oxygen atoms in total. The third kappa shape index (κ3) is 7.18. The van der Waals surface area contributed by atoms with Crippen LogP contribution in [0.2, 0.25) is 0 Å². The van der Waals surface area contributed by atoms with Crippen molar-refractivity contribution in [3.8, 4) is 0 Å². The summed E-state index contributed by atoms with van der Waals surface area (Å²) < 4.78 is 1.63. The van der Waals surface area contributed by atoms with Crippen molar-refractivity contribution in [1.82, 2.24) is 4.90 Å². The van der Waals surface area contributed by atoms with Gasteiger partial charge in [0.2, 0.25) is 0 Å². The van der Waals surface area contributed by atoms with Crippen molar-refractivity contribution in [3.63, 3.8) is 0 Å². The zero-order chi connectivity index (χ0) is 8.97. The SMILES string of the molecule is CCN(CC)CC1=[C]([Zr])CC=C1.Cl.Cl.Cl. The molecule has 0 aromatic rings. The molecule has 15 heavy (non-hydrogen) atoms. The maximum absolute atomic E-state index is 2.47. The number of hydrogen-bond acceptors (Lipinski definition) is 1. The molecular weight excluding hydrogens is 332 g/mol. The Labute approximate surface area is 127 Å². The largest absolute Gasteiger partial charge is 0.147 e. The summed E-state index contributed by atoms with van der Waals surface area (Å²) in [6.07, 6.45) is 5.78. The second kappa shape index (κ2) is 11.7. The molecule has 0 spiro atoms. The van der Waals surface area contributed by atoms with Gasteiger partial charge in [0.05, 0.1) is 0 Å². The summed E-state index contributed by atoms with van der Waals surface area (Å²) in [5, 5.41) is 0. The maximum atomic E-state index is 2.47. The molecular formula is C10H19Cl3NZr. The summed E-state index contributed by atoms with van der Waals surface area (Å²) >= 11 is 1.59. The van der Waals surface area contributed by atoms with Crippen LogP contribution < -0.4 is 0 Å². The maximum Gasteiger partial charge on any atom is -0.147 e. The molecule has 0 amide bonds. The van der Waals surface area contributed by atoms with Crippen LogP contribution in [0.25, 0.3) is 0 Å². The van der Waals surface area contributed by atoms with E-state index in [2.05, 4.69) is 30.9 Å². The molecule has 1 aliphatic rings. The van der Waals surface area contributed by atoms with Crippen molar-refractivity contribution >= 4 is 37.2 Å². The minimum Gasteiger partial charge on any atom is -0.147 e. The molecule has 0 saturated carbocycles. The number of rotatable bonds is 4. The molecule has 0 radical (unpaired) electrons. The van der Waals surface area contributed by atoms with Crippen molar-refractivity contribution in [2.45, 2.75) is 20.3 Å². The zero-order valence-corrected chi connectivity index (χ0v) is 14.1. The van der Waals surface area contributed by atoms with Crippen molar-refractivity contribution in [2.75, 3.05) is 19.6 Å². The summed E-state index contributed by atoms with van der Waals surface area (Å²) in [6, 6.07) is 0. The van der Waals surface area contributed by atoms with Gasteiger partial charge in [-0.1, -0.05) is 0 Å². The van der Waals surface area contributed by atoms with E-state index >= 15 is 0 Å². The van der Waals surface area contributed by atoms with Gasteiger partial charge < -0.3 is 0 Å². The Balaban J connectivity index is -0.000000480. The van der Waals surface area contributed by atoms with Crippen molar-refractivity contribution in [1.29, 1.82) is 0 Å². The number of halogens is 3. The topological polar surface area (TPSA) is 3.24 Å². The summed E-state index contributed by atoms with van der Waals surface area (Å²) in [7, 11) is 0. The predicted molar refractivity (Wildman–Crippen MR) is 70.3 cm³/mol. The average molecular weight is 351 g/mol. The van der Waals surface area contributed by atoms with E-state index in [-0.39, 0.29) is 37.2 Å². The Morgan fingerprint density at radius 3 is 2.07 bits per heavy atom. The normalized spacial score (nSPS) is 13.2. The summed E-state index contributed by atoms with van der Waals surface area (Å²) in [6.45, 7) is 7.94. The van der Waals surface area contributed by atoms with Crippen LogP contribution in [-0.2, 0) is 24.7 Å². The molecule has 1 rings (SSSR count). The van der Waals surface area contributed by atoms with Gasteiger partial charge in [-0.2, -0.15) is 0 Å². The number of nitrogens with zero attached hydrogens (tertiary/aromatic N) is 1. The fourth-order valence-corrected chi connectivity index (χ4v) is 2.08. The van der Waals surface area contributed by atoms with Gasteiger partial charge in [0, 0.05) is 0 Å². The van der Waals surface area contributed by atoms with Gasteiger partial charge in [0.15, 0.2) is 0 Å². The minimum atomic E-state index is 0. The molecule has 0 unspecified atom stereocenters. The van der Waals surface area contributed by atoms with Crippen LogP contribution in [-0.4, -0.2) is 24.5 Å². The fourth-order valence-electron chi connectivity index (χ4n) is 1.39. The number of likely N-dealkylation sites (N-methyl/N-ethyl adjacent to an activating group) is 1. The minimum absolute atomic E-state index is 0. The average Bonchev–Trinajstić information content (AvgIpc) is 2.47. The van der Waals surface area contributed by atoms with Crippen LogP contribution in [0, 0.1) is 0 Å². The number of allylic oxidation sites excluding steroid dienone is 2. The Kier molecular flexibility index (Phi) is 16.7. The molecule has 0 heterocycles. The first kappa shape index (κ1) is 21.5. The predicted octanol–water partition coefficient (Wildman–Crippen LogP) is 3.35. The number of hydrogen-bond donors (Lipinski definition) is 0. The van der Waals surface area contributed by atoms with Crippen LogP contribution in [0.15, 0.2) is 21.0 Å². The molecule has 5 heteroatoms. The van der Waals surface area contributed by atoms with Gasteiger partial charge in [-0.3, -0.25) is 0 Å². The molecule has 0 aliphatic heterocycles. The second-order valence-electron chi connectivity index (χ2n) is 3.07. The Morgan fingerprint density at radius 2 is 1.73 bits per heavy atom. The zero-order valence-electron chi connectivity index (χ0n) is 9.16. The van der Waals surface area contributed by atoms with E-state index in [0.717, 1.165) is 19.6 Å².